The smallest absolute Gasteiger partial charge is 0.136 e. The second kappa shape index (κ2) is 4.67. The second-order valence-corrected chi connectivity index (χ2v) is 8.86. The quantitative estimate of drug-likeness (QED) is 0.676. The van der Waals surface area contributed by atoms with Crippen molar-refractivity contribution in [3.63, 3.8) is 0 Å². The monoisotopic (exact) mass is 303 g/mol. The minimum Gasteiger partial charge on any atom is -0.389 e. The molecule has 0 aliphatic heterocycles. The summed E-state index contributed by atoms with van der Waals surface area (Å²) >= 11 is 0. The van der Waals surface area contributed by atoms with Crippen LogP contribution in [0.1, 0.15) is 52.4 Å². The Morgan fingerprint density at radius 1 is 1.23 bits per heavy atom. The van der Waals surface area contributed by atoms with Crippen molar-refractivity contribution in [1.29, 1.82) is 0 Å². The largest absolute Gasteiger partial charge is 0.389 e. The molecule has 4 aliphatic carbocycles. The van der Waals surface area contributed by atoms with E-state index in [2.05, 4.69) is 19.9 Å². The maximum absolute atomic E-state index is 13.0. The van der Waals surface area contributed by atoms with Crippen LogP contribution in [0.5, 0.6) is 0 Å². The Morgan fingerprint density at radius 2 is 2.00 bits per heavy atom. The molecule has 0 radical (unpaired) electrons. The van der Waals surface area contributed by atoms with Gasteiger partial charge in [-0.25, -0.2) is 0 Å². The van der Waals surface area contributed by atoms with Crippen LogP contribution < -0.4 is 5.73 Å². The first kappa shape index (κ1) is 14.9. The number of rotatable bonds is 0. The van der Waals surface area contributed by atoms with E-state index in [0.29, 0.717) is 30.0 Å². The number of allylic oxidation sites excluding steroid dienone is 1. The lowest BCUT2D eigenvalue weighted by molar-refractivity contribution is -0.147. The molecule has 3 fully saturated rings. The van der Waals surface area contributed by atoms with Crippen molar-refractivity contribution in [2.24, 2.45) is 40.2 Å². The molecule has 0 aromatic carbocycles. The summed E-state index contributed by atoms with van der Waals surface area (Å²) in [5.74, 6) is 1.91. The molecule has 0 aromatic heterocycles. The van der Waals surface area contributed by atoms with E-state index < -0.39 is 0 Å². The molecule has 122 valence electrons. The molecule has 0 amide bonds. The van der Waals surface area contributed by atoms with E-state index in [-0.39, 0.29) is 28.9 Å². The fourth-order valence-electron chi connectivity index (χ4n) is 6.51. The summed E-state index contributed by atoms with van der Waals surface area (Å²) in [5, 5.41) is 9.96. The van der Waals surface area contributed by atoms with Crippen LogP contribution in [0.3, 0.4) is 0 Å². The van der Waals surface area contributed by atoms with Crippen LogP contribution >= 0.6 is 0 Å². The van der Waals surface area contributed by atoms with Crippen LogP contribution in [-0.4, -0.2) is 23.0 Å². The Hall–Kier alpha value is -0.670. The summed E-state index contributed by atoms with van der Waals surface area (Å²) in [6, 6.07) is 0.264. The van der Waals surface area contributed by atoms with Crippen molar-refractivity contribution >= 4 is 5.78 Å². The summed E-state index contributed by atoms with van der Waals surface area (Å²) in [6.07, 6.45) is 9.73. The first-order chi connectivity index (χ1) is 10.4. The second-order valence-electron chi connectivity index (χ2n) is 8.86. The number of Topliss-reactive ketones (excluding diaryl/α,β-unsaturated/α-hetero) is 1. The first-order valence-electron chi connectivity index (χ1n) is 9.02. The van der Waals surface area contributed by atoms with Gasteiger partial charge in [0.25, 0.3) is 0 Å². The average molecular weight is 303 g/mol. The van der Waals surface area contributed by atoms with Crippen LogP contribution in [0.25, 0.3) is 0 Å². The van der Waals surface area contributed by atoms with Gasteiger partial charge in [0.1, 0.15) is 5.78 Å². The Labute approximate surface area is 133 Å². The van der Waals surface area contributed by atoms with E-state index >= 15 is 0 Å². The third-order valence-corrected chi connectivity index (χ3v) is 8.05. The van der Waals surface area contributed by atoms with E-state index in [4.69, 9.17) is 5.73 Å². The minimum atomic E-state index is -0.365. The third kappa shape index (κ3) is 1.78. The van der Waals surface area contributed by atoms with Gasteiger partial charge in [-0.15, -0.1) is 0 Å². The van der Waals surface area contributed by atoms with Crippen molar-refractivity contribution in [3.05, 3.63) is 12.2 Å². The number of aliphatic hydroxyl groups is 1. The molecule has 4 aliphatic rings. The molecule has 3 N–H and O–H groups in total. The van der Waals surface area contributed by atoms with Crippen molar-refractivity contribution in [2.75, 3.05) is 0 Å². The highest BCUT2D eigenvalue weighted by Gasteiger charge is 2.61. The summed E-state index contributed by atoms with van der Waals surface area (Å²) in [5.41, 5.74) is 6.67. The zero-order chi connectivity index (χ0) is 15.7. The van der Waals surface area contributed by atoms with Gasteiger partial charge in [-0.1, -0.05) is 26.0 Å². The lowest BCUT2D eigenvalue weighted by atomic mass is 9.46. The van der Waals surface area contributed by atoms with E-state index in [0.717, 1.165) is 32.1 Å². The first-order valence-corrected chi connectivity index (χ1v) is 9.02. The molecule has 0 aromatic rings. The van der Waals surface area contributed by atoms with E-state index in [9.17, 15) is 9.90 Å². The number of carbonyl (C=O) groups is 1. The highest BCUT2D eigenvalue weighted by atomic mass is 16.3. The zero-order valence-electron chi connectivity index (χ0n) is 13.8. The third-order valence-electron chi connectivity index (χ3n) is 8.05. The molecule has 0 spiro atoms. The number of aliphatic hydroxyl groups excluding tert-OH is 1. The number of carbonyl (C=O) groups excluding carboxylic acids is 1. The van der Waals surface area contributed by atoms with E-state index in [1.54, 1.807) is 0 Å². The highest BCUT2D eigenvalue weighted by Crippen LogP contribution is 2.63. The average Bonchev–Trinajstić information content (AvgIpc) is 2.77. The van der Waals surface area contributed by atoms with Gasteiger partial charge in [-0.3, -0.25) is 4.79 Å². The highest BCUT2D eigenvalue weighted by molar-refractivity contribution is 5.83. The Bertz CT molecular complexity index is 530. The molecular weight excluding hydrogens is 274 g/mol. The molecule has 0 saturated heterocycles. The molecule has 4 rings (SSSR count). The van der Waals surface area contributed by atoms with Gasteiger partial charge < -0.3 is 10.8 Å². The number of ketones is 1. The van der Waals surface area contributed by atoms with Crippen LogP contribution in [-0.2, 0) is 4.79 Å². The van der Waals surface area contributed by atoms with Gasteiger partial charge in [0, 0.05) is 18.4 Å². The molecule has 4 unspecified atom stereocenters. The van der Waals surface area contributed by atoms with Crippen molar-refractivity contribution < 1.29 is 9.90 Å². The molecule has 3 heteroatoms. The normalized spacial score (nSPS) is 57.2. The standard InChI is InChI=1S/C19H29NO2/c1-18-7-5-12(21)9-11(18)10-15(22)17-13-3-4-16(20)19(13,2)8-6-14(17)18/h5,7,11-14,16-17,21H,3-4,6,8-10,20H2,1-2H3/t11?,12?,13-,14+,16?,17?,18-,19-/m0/s1. The summed E-state index contributed by atoms with van der Waals surface area (Å²) in [4.78, 5) is 13.0. The zero-order valence-corrected chi connectivity index (χ0v) is 13.8. The van der Waals surface area contributed by atoms with Crippen LogP contribution in [0.15, 0.2) is 12.2 Å². The fourth-order valence-corrected chi connectivity index (χ4v) is 6.51. The van der Waals surface area contributed by atoms with Gasteiger partial charge >= 0.3 is 0 Å². The maximum atomic E-state index is 13.0. The van der Waals surface area contributed by atoms with Crippen LogP contribution in [0, 0.1) is 34.5 Å². The minimum absolute atomic E-state index is 0.0891. The Kier molecular flexibility index (Phi) is 3.16. The molecule has 8 atom stereocenters. The molecule has 3 nitrogen and oxygen atoms in total. The summed E-state index contributed by atoms with van der Waals surface area (Å²) in [6.45, 7) is 4.66. The lowest BCUT2D eigenvalue weighted by Gasteiger charge is -2.58. The topological polar surface area (TPSA) is 63.3 Å². The van der Waals surface area contributed by atoms with Crippen molar-refractivity contribution in [2.45, 2.75) is 64.5 Å². The lowest BCUT2D eigenvalue weighted by Crippen LogP contribution is -2.57. The maximum Gasteiger partial charge on any atom is 0.136 e. The number of fused-ring (bicyclic) bond motifs is 5. The summed E-state index contributed by atoms with van der Waals surface area (Å²) < 4.78 is 0. The van der Waals surface area contributed by atoms with Gasteiger partial charge in [-0.05, 0) is 60.7 Å². The van der Waals surface area contributed by atoms with Crippen LogP contribution in [0.4, 0.5) is 0 Å². The molecule has 3 saturated carbocycles. The number of hydrogen-bond acceptors (Lipinski definition) is 3. The van der Waals surface area contributed by atoms with Crippen molar-refractivity contribution in [1.82, 2.24) is 0 Å². The molecule has 22 heavy (non-hydrogen) atoms. The SMILES string of the molecule is C[C@]12C=CC(O)CC1CC(=O)C1[C@H]2CC[C@]2(C)C(N)CC[C@@H]12. The van der Waals surface area contributed by atoms with E-state index in [1.807, 2.05) is 6.08 Å². The fraction of sp³-hybridized carbons (Fsp3) is 0.842. The predicted octanol–water partition coefficient (Wildman–Crippen LogP) is 2.67. The number of nitrogens with two attached hydrogens (primary N) is 1. The Morgan fingerprint density at radius 3 is 2.77 bits per heavy atom. The van der Waals surface area contributed by atoms with Crippen molar-refractivity contribution in [3.8, 4) is 0 Å². The molecule has 0 bridgehead atoms. The van der Waals surface area contributed by atoms with Gasteiger partial charge in [0.2, 0.25) is 0 Å². The van der Waals surface area contributed by atoms with E-state index in [1.165, 1.54) is 0 Å². The van der Waals surface area contributed by atoms with Gasteiger partial charge in [0.05, 0.1) is 6.10 Å². The van der Waals surface area contributed by atoms with Crippen LogP contribution in [0.2, 0.25) is 0 Å². The molecule has 0 heterocycles. The Balaban J connectivity index is 1.73. The summed E-state index contributed by atoms with van der Waals surface area (Å²) in [7, 11) is 0. The van der Waals surface area contributed by atoms with Gasteiger partial charge in [0.15, 0.2) is 0 Å². The number of hydrogen-bond donors (Lipinski definition) is 2. The predicted molar refractivity (Wildman–Crippen MR) is 86.0 cm³/mol. The molecular formula is C19H29NO2. The van der Waals surface area contributed by atoms with Gasteiger partial charge in [-0.2, -0.15) is 0 Å².